The number of benzene rings is 1. The van der Waals surface area contributed by atoms with Crippen molar-refractivity contribution in [1.82, 2.24) is 9.80 Å². The quantitative estimate of drug-likeness (QED) is 0.680. The number of hydrogen-bond acceptors (Lipinski definition) is 5. The number of likely N-dealkylation sites (tertiary alicyclic amines) is 2. The van der Waals surface area contributed by atoms with Crippen LogP contribution in [0.1, 0.15) is 57.6 Å². The Bertz CT molecular complexity index is 902. The zero-order valence-electron chi connectivity index (χ0n) is 18.3. The third-order valence-corrected chi connectivity index (χ3v) is 7.70. The maximum absolute atomic E-state index is 12.7. The number of carbonyl (C=O) groups is 3. The second-order valence-electron chi connectivity index (χ2n) is 10.0. The Morgan fingerprint density at radius 1 is 1.10 bits per heavy atom. The second-order valence-corrected chi connectivity index (χ2v) is 10.0. The van der Waals surface area contributed by atoms with Crippen molar-refractivity contribution in [3.63, 3.8) is 0 Å². The highest BCUT2D eigenvalue weighted by Crippen LogP contribution is 2.55. The zero-order valence-corrected chi connectivity index (χ0v) is 18.3. The standard InChI is InChI=1S/C24H30N2O5/c1-23(2)17-13-24(15-30-22(17)16-5-3-4-6-18(16)31-23)9-11-25(12-10-24)21(29)14-26-19(27)7-8-20(26)28/h3-6,17,22H,7-15H2,1-2H3/t17-,22+/m0/s1. The third-order valence-electron chi connectivity index (χ3n) is 7.70. The van der Waals surface area contributed by atoms with Crippen molar-refractivity contribution in [3.8, 4) is 5.75 Å². The van der Waals surface area contributed by atoms with Crippen LogP contribution in [0.2, 0.25) is 0 Å². The summed E-state index contributed by atoms with van der Waals surface area (Å²) in [5, 5.41) is 0. The third kappa shape index (κ3) is 3.53. The number of hydrogen-bond donors (Lipinski definition) is 0. The van der Waals surface area contributed by atoms with Crippen molar-refractivity contribution in [2.75, 3.05) is 26.2 Å². The summed E-state index contributed by atoms with van der Waals surface area (Å²) in [7, 11) is 0. The Balaban J connectivity index is 1.25. The number of para-hydroxylation sites is 1. The van der Waals surface area contributed by atoms with E-state index in [1.807, 2.05) is 18.2 Å². The fourth-order valence-electron chi connectivity index (χ4n) is 5.71. The molecule has 0 bridgehead atoms. The topological polar surface area (TPSA) is 76.2 Å². The molecule has 4 heterocycles. The molecule has 0 saturated carbocycles. The number of imide groups is 1. The van der Waals surface area contributed by atoms with Gasteiger partial charge in [0.05, 0.1) is 12.7 Å². The fraction of sp³-hybridized carbons (Fsp3) is 0.625. The van der Waals surface area contributed by atoms with Gasteiger partial charge in [-0.3, -0.25) is 19.3 Å². The molecule has 0 radical (unpaired) electrons. The van der Waals surface area contributed by atoms with Gasteiger partial charge in [0.25, 0.3) is 0 Å². The molecule has 1 aromatic rings. The van der Waals surface area contributed by atoms with Gasteiger partial charge in [-0.1, -0.05) is 18.2 Å². The molecule has 1 spiro atoms. The van der Waals surface area contributed by atoms with E-state index in [2.05, 4.69) is 19.9 Å². The molecule has 3 fully saturated rings. The summed E-state index contributed by atoms with van der Waals surface area (Å²) in [6.07, 6.45) is 3.21. The molecule has 7 nitrogen and oxygen atoms in total. The van der Waals surface area contributed by atoms with Gasteiger partial charge in [-0.15, -0.1) is 0 Å². The lowest BCUT2D eigenvalue weighted by molar-refractivity contribution is -0.176. The molecule has 0 unspecified atom stereocenters. The molecule has 4 aliphatic heterocycles. The Morgan fingerprint density at radius 2 is 1.77 bits per heavy atom. The van der Waals surface area contributed by atoms with Gasteiger partial charge in [0.15, 0.2) is 0 Å². The molecule has 1 aromatic carbocycles. The second kappa shape index (κ2) is 7.33. The average Bonchev–Trinajstić information content (AvgIpc) is 3.06. The summed E-state index contributed by atoms with van der Waals surface area (Å²) in [4.78, 5) is 39.3. The van der Waals surface area contributed by atoms with Crippen molar-refractivity contribution in [2.24, 2.45) is 11.3 Å². The smallest absolute Gasteiger partial charge is 0.242 e. The van der Waals surface area contributed by atoms with Crippen LogP contribution >= 0.6 is 0 Å². The van der Waals surface area contributed by atoms with E-state index in [4.69, 9.17) is 9.47 Å². The van der Waals surface area contributed by atoms with Gasteiger partial charge in [-0.2, -0.15) is 0 Å². The van der Waals surface area contributed by atoms with Crippen molar-refractivity contribution in [1.29, 1.82) is 0 Å². The van der Waals surface area contributed by atoms with Crippen molar-refractivity contribution in [2.45, 2.75) is 57.7 Å². The zero-order chi connectivity index (χ0) is 21.8. The fourth-order valence-corrected chi connectivity index (χ4v) is 5.71. The molecule has 0 aliphatic carbocycles. The van der Waals surface area contributed by atoms with E-state index in [1.165, 1.54) is 0 Å². The molecule has 5 rings (SSSR count). The van der Waals surface area contributed by atoms with Crippen LogP contribution in [0, 0.1) is 11.3 Å². The van der Waals surface area contributed by atoms with Crippen LogP contribution in [0.25, 0.3) is 0 Å². The van der Waals surface area contributed by atoms with E-state index >= 15 is 0 Å². The predicted molar refractivity (Wildman–Crippen MR) is 112 cm³/mol. The number of nitrogens with zero attached hydrogens (tertiary/aromatic N) is 2. The molecule has 0 aromatic heterocycles. The minimum atomic E-state index is -0.324. The number of rotatable bonds is 2. The number of ether oxygens (including phenoxy) is 2. The van der Waals surface area contributed by atoms with Crippen LogP contribution in [0.4, 0.5) is 0 Å². The lowest BCUT2D eigenvalue weighted by Gasteiger charge is -2.54. The van der Waals surface area contributed by atoms with Crippen LogP contribution in [-0.2, 0) is 19.1 Å². The van der Waals surface area contributed by atoms with Crippen molar-refractivity contribution in [3.05, 3.63) is 29.8 Å². The van der Waals surface area contributed by atoms with Gasteiger partial charge >= 0.3 is 0 Å². The summed E-state index contributed by atoms with van der Waals surface area (Å²) in [6, 6.07) is 8.14. The Hall–Kier alpha value is -2.41. The first-order valence-corrected chi connectivity index (χ1v) is 11.3. The van der Waals surface area contributed by atoms with Gasteiger partial charge in [-0.25, -0.2) is 0 Å². The molecule has 4 aliphatic rings. The van der Waals surface area contributed by atoms with E-state index in [1.54, 1.807) is 4.90 Å². The highest BCUT2D eigenvalue weighted by atomic mass is 16.5. The van der Waals surface area contributed by atoms with Gasteiger partial charge < -0.3 is 14.4 Å². The summed E-state index contributed by atoms with van der Waals surface area (Å²) < 4.78 is 12.9. The molecular formula is C24H30N2O5. The Kier molecular flexibility index (Phi) is 4.84. The van der Waals surface area contributed by atoms with E-state index in [-0.39, 0.29) is 60.1 Å². The van der Waals surface area contributed by atoms with Crippen molar-refractivity contribution >= 4 is 17.7 Å². The monoisotopic (exact) mass is 426 g/mol. The highest BCUT2D eigenvalue weighted by molar-refractivity contribution is 6.04. The highest BCUT2D eigenvalue weighted by Gasteiger charge is 2.52. The molecule has 7 heteroatoms. The normalized spacial score (nSPS) is 28.8. The van der Waals surface area contributed by atoms with Crippen LogP contribution in [0.15, 0.2) is 24.3 Å². The van der Waals surface area contributed by atoms with Crippen LogP contribution < -0.4 is 4.74 Å². The number of amides is 3. The summed E-state index contributed by atoms with van der Waals surface area (Å²) in [6.45, 7) is 6.12. The lowest BCUT2D eigenvalue weighted by Crippen LogP contribution is -2.55. The van der Waals surface area contributed by atoms with Gasteiger partial charge in [0, 0.05) is 37.4 Å². The predicted octanol–water partition coefficient (Wildman–Crippen LogP) is 2.69. The summed E-state index contributed by atoms with van der Waals surface area (Å²) in [5.41, 5.74) is 0.842. The molecular weight excluding hydrogens is 396 g/mol. The molecule has 3 saturated heterocycles. The molecule has 2 atom stereocenters. The summed E-state index contributed by atoms with van der Waals surface area (Å²) >= 11 is 0. The first-order chi connectivity index (χ1) is 14.8. The Labute approximate surface area is 182 Å². The summed E-state index contributed by atoms with van der Waals surface area (Å²) in [5.74, 6) is 0.550. The van der Waals surface area contributed by atoms with E-state index in [0.717, 1.165) is 35.5 Å². The van der Waals surface area contributed by atoms with E-state index in [0.29, 0.717) is 19.7 Å². The molecule has 0 N–H and O–H groups in total. The largest absolute Gasteiger partial charge is 0.487 e. The first kappa shape index (κ1) is 20.5. The van der Waals surface area contributed by atoms with Gasteiger partial charge in [0.1, 0.15) is 17.9 Å². The maximum atomic E-state index is 12.7. The van der Waals surface area contributed by atoms with Crippen LogP contribution in [0.5, 0.6) is 5.75 Å². The number of piperidine rings is 1. The molecule has 3 amide bonds. The first-order valence-electron chi connectivity index (χ1n) is 11.3. The lowest BCUT2D eigenvalue weighted by atomic mass is 9.64. The van der Waals surface area contributed by atoms with Crippen LogP contribution in [-0.4, -0.2) is 59.4 Å². The van der Waals surface area contributed by atoms with Gasteiger partial charge in [-0.05, 0) is 44.6 Å². The molecule has 31 heavy (non-hydrogen) atoms. The Morgan fingerprint density at radius 3 is 2.48 bits per heavy atom. The SMILES string of the molecule is CC1(C)Oc2ccccc2[C@H]2OCC3(CCN(C(=O)CN4C(=O)CCC4=O)CC3)C[C@@H]21. The maximum Gasteiger partial charge on any atom is 0.242 e. The number of carbonyl (C=O) groups excluding carboxylic acids is 3. The number of fused-ring (bicyclic) bond motifs is 3. The van der Waals surface area contributed by atoms with E-state index < -0.39 is 0 Å². The van der Waals surface area contributed by atoms with Crippen molar-refractivity contribution < 1.29 is 23.9 Å². The molecule has 166 valence electrons. The van der Waals surface area contributed by atoms with Crippen LogP contribution in [0.3, 0.4) is 0 Å². The minimum Gasteiger partial charge on any atom is -0.487 e. The van der Waals surface area contributed by atoms with Gasteiger partial charge in [0.2, 0.25) is 17.7 Å². The van der Waals surface area contributed by atoms with E-state index in [9.17, 15) is 14.4 Å². The minimum absolute atomic E-state index is 0.0319. The average molecular weight is 427 g/mol.